The van der Waals surface area contributed by atoms with Gasteiger partial charge in [0.1, 0.15) is 18.1 Å². The third-order valence-corrected chi connectivity index (χ3v) is 5.97. The van der Waals surface area contributed by atoms with Crippen LogP contribution in [0.3, 0.4) is 0 Å². The summed E-state index contributed by atoms with van der Waals surface area (Å²) in [6.45, 7) is 3.89. The number of nitrogens with two attached hydrogens (primary N) is 2. The molecular weight excluding hydrogens is 486 g/mol. The number of rotatable bonds is 18. The number of H-pyrrole nitrogens is 1. The van der Waals surface area contributed by atoms with E-state index in [-0.39, 0.29) is 25.2 Å². The van der Waals surface area contributed by atoms with E-state index < -0.39 is 60.2 Å². The van der Waals surface area contributed by atoms with Crippen LogP contribution in [0.5, 0.6) is 0 Å². The van der Waals surface area contributed by atoms with Gasteiger partial charge in [-0.3, -0.25) is 19.2 Å². The molecule has 14 nitrogen and oxygen atoms in total. The summed E-state index contributed by atoms with van der Waals surface area (Å²) in [5.74, 6) is -4.93. The van der Waals surface area contributed by atoms with Gasteiger partial charge in [-0.25, -0.2) is 9.78 Å². The second-order valence-electron chi connectivity index (χ2n) is 8.94. The molecule has 0 bridgehead atoms. The molecule has 0 aliphatic rings. The maximum Gasteiger partial charge on any atom is 0.326 e. The molecule has 1 aromatic heterocycles. The lowest BCUT2D eigenvalue weighted by Crippen LogP contribution is -2.58. The van der Waals surface area contributed by atoms with Gasteiger partial charge in [-0.2, -0.15) is 0 Å². The lowest BCUT2D eigenvalue weighted by molar-refractivity contribution is -0.143. The zero-order valence-corrected chi connectivity index (χ0v) is 21.2. The fourth-order valence-corrected chi connectivity index (χ4v) is 3.51. The monoisotopic (exact) mass is 525 g/mol. The molecular formula is C23H39N7O7. The van der Waals surface area contributed by atoms with Crippen molar-refractivity contribution in [1.82, 2.24) is 25.9 Å². The molecule has 0 aliphatic carbocycles. The molecule has 0 saturated carbocycles. The molecule has 0 spiro atoms. The Labute approximate surface area is 215 Å². The number of hydrogen-bond acceptors (Lipinski definition) is 8. The number of carbonyl (C=O) groups excluding carboxylic acids is 3. The molecule has 3 amide bonds. The van der Waals surface area contributed by atoms with Crippen LogP contribution >= 0.6 is 0 Å². The first kappa shape index (κ1) is 31.5. The Bertz CT molecular complexity index is 894. The maximum atomic E-state index is 13.1. The molecule has 0 aromatic carbocycles. The van der Waals surface area contributed by atoms with Gasteiger partial charge in [0.05, 0.1) is 12.4 Å². The van der Waals surface area contributed by atoms with Crippen molar-refractivity contribution in [2.24, 2.45) is 17.4 Å². The molecule has 1 rings (SSSR count). The summed E-state index contributed by atoms with van der Waals surface area (Å²) in [6, 6.07) is -4.60. The summed E-state index contributed by atoms with van der Waals surface area (Å²) >= 11 is 0. The van der Waals surface area contributed by atoms with Crippen LogP contribution in [-0.4, -0.2) is 80.6 Å². The third kappa shape index (κ3) is 11.4. The molecule has 1 heterocycles. The number of carboxylic acids is 2. The highest BCUT2D eigenvalue weighted by Crippen LogP contribution is 2.11. The number of amides is 3. The number of unbranched alkanes of at least 4 members (excludes halogenated alkanes) is 1. The first-order chi connectivity index (χ1) is 17.5. The smallest absolute Gasteiger partial charge is 0.326 e. The van der Waals surface area contributed by atoms with Crippen molar-refractivity contribution in [3.63, 3.8) is 0 Å². The standard InChI is InChI=1S/C23H39N7O7/c1-3-13(2)19(22(35)29-17(23(36)37)6-4-5-9-24)30-21(34)16(7-8-18(31)32)28-20(33)15(25)10-14-11-26-12-27-14/h11-13,15-17,19H,3-10,24-25H2,1-2H3,(H,26,27)(H,28,33)(H,29,35)(H,30,34)(H,31,32)(H,36,37). The fraction of sp³-hybridized carbons (Fsp3) is 0.652. The summed E-state index contributed by atoms with van der Waals surface area (Å²) in [7, 11) is 0. The number of carboxylic acid groups (broad SMARTS) is 2. The van der Waals surface area contributed by atoms with E-state index in [2.05, 4.69) is 25.9 Å². The largest absolute Gasteiger partial charge is 0.481 e. The SMILES string of the molecule is CCC(C)C(NC(=O)C(CCC(=O)O)NC(=O)C(N)Cc1cnc[nH]1)C(=O)NC(CCCCN)C(=O)O. The normalized spacial score (nSPS) is 15.0. The number of nitrogens with one attached hydrogen (secondary N) is 4. The first-order valence-electron chi connectivity index (χ1n) is 12.3. The van der Waals surface area contributed by atoms with E-state index in [1.165, 1.54) is 12.5 Å². The molecule has 5 atom stereocenters. The van der Waals surface area contributed by atoms with Crippen molar-refractivity contribution in [3.8, 4) is 0 Å². The van der Waals surface area contributed by atoms with Crippen LogP contribution in [0.2, 0.25) is 0 Å². The van der Waals surface area contributed by atoms with E-state index in [4.69, 9.17) is 16.6 Å². The van der Waals surface area contributed by atoms with Gasteiger partial charge in [-0.05, 0) is 38.1 Å². The lowest BCUT2D eigenvalue weighted by Gasteiger charge is -2.28. The van der Waals surface area contributed by atoms with Crippen LogP contribution in [0, 0.1) is 5.92 Å². The summed E-state index contributed by atoms with van der Waals surface area (Å²) in [4.78, 5) is 68.1. The number of aliphatic carboxylic acids is 2. The topological polar surface area (TPSA) is 243 Å². The summed E-state index contributed by atoms with van der Waals surface area (Å²) < 4.78 is 0. The molecule has 0 radical (unpaired) electrons. The molecule has 0 aliphatic heterocycles. The van der Waals surface area contributed by atoms with Gasteiger partial charge >= 0.3 is 11.9 Å². The van der Waals surface area contributed by atoms with Crippen molar-refractivity contribution in [3.05, 3.63) is 18.2 Å². The summed E-state index contributed by atoms with van der Waals surface area (Å²) in [5.41, 5.74) is 12.0. The highest BCUT2D eigenvalue weighted by molar-refractivity contribution is 5.94. The lowest BCUT2D eigenvalue weighted by atomic mass is 9.96. The van der Waals surface area contributed by atoms with Crippen molar-refractivity contribution in [1.29, 1.82) is 0 Å². The Hall–Kier alpha value is -3.52. The summed E-state index contributed by atoms with van der Waals surface area (Å²) in [5, 5.41) is 26.1. The van der Waals surface area contributed by atoms with Crippen LogP contribution in [0.15, 0.2) is 12.5 Å². The Morgan fingerprint density at radius 3 is 2.22 bits per heavy atom. The second-order valence-corrected chi connectivity index (χ2v) is 8.94. The van der Waals surface area contributed by atoms with Crippen LogP contribution in [0.25, 0.3) is 0 Å². The quantitative estimate of drug-likeness (QED) is 0.107. The summed E-state index contributed by atoms with van der Waals surface area (Å²) in [6.07, 6.45) is 4.11. The molecule has 5 unspecified atom stereocenters. The van der Waals surface area contributed by atoms with Gasteiger partial charge < -0.3 is 42.6 Å². The van der Waals surface area contributed by atoms with Crippen LogP contribution in [0.1, 0.15) is 58.1 Å². The predicted molar refractivity (Wildman–Crippen MR) is 133 cm³/mol. The molecule has 10 N–H and O–H groups in total. The van der Waals surface area contributed by atoms with Gasteiger partial charge in [-0.15, -0.1) is 0 Å². The second kappa shape index (κ2) is 16.3. The van der Waals surface area contributed by atoms with Crippen molar-refractivity contribution in [2.75, 3.05) is 6.54 Å². The van der Waals surface area contributed by atoms with Crippen molar-refractivity contribution in [2.45, 2.75) is 83.0 Å². The number of aromatic nitrogens is 2. The first-order valence-corrected chi connectivity index (χ1v) is 12.3. The number of imidazole rings is 1. The number of nitrogens with zero attached hydrogens (tertiary/aromatic N) is 1. The Morgan fingerprint density at radius 1 is 1.00 bits per heavy atom. The zero-order valence-electron chi connectivity index (χ0n) is 21.2. The Morgan fingerprint density at radius 2 is 1.68 bits per heavy atom. The number of hydrogen-bond donors (Lipinski definition) is 8. The van der Waals surface area contributed by atoms with Gasteiger partial charge in [0.25, 0.3) is 0 Å². The highest BCUT2D eigenvalue weighted by Gasteiger charge is 2.33. The van der Waals surface area contributed by atoms with Gasteiger partial charge in [0, 0.05) is 24.7 Å². The number of carbonyl (C=O) groups is 5. The van der Waals surface area contributed by atoms with E-state index in [0.717, 1.165) is 0 Å². The Balaban J connectivity index is 2.97. The zero-order chi connectivity index (χ0) is 28.0. The number of aromatic amines is 1. The molecule has 1 aromatic rings. The fourth-order valence-electron chi connectivity index (χ4n) is 3.51. The van der Waals surface area contributed by atoms with E-state index in [9.17, 15) is 29.1 Å². The van der Waals surface area contributed by atoms with Crippen LogP contribution in [-0.2, 0) is 30.4 Å². The third-order valence-electron chi connectivity index (χ3n) is 5.97. The van der Waals surface area contributed by atoms with Gasteiger partial charge in [0.2, 0.25) is 17.7 Å². The molecule has 0 saturated heterocycles. The molecule has 14 heteroatoms. The minimum Gasteiger partial charge on any atom is -0.481 e. The van der Waals surface area contributed by atoms with Crippen LogP contribution < -0.4 is 27.4 Å². The average Bonchev–Trinajstić information content (AvgIpc) is 3.36. The van der Waals surface area contributed by atoms with Crippen molar-refractivity contribution >= 4 is 29.7 Å². The predicted octanol–water partition coefficient (Wildman–Crippen LogP) is -1.14. The minimum absolute atomic E-state index is 0.109. The van der Waals surface area contributed by atoms with Crippen LogP contribution in [0.4, 0.5) is 0 Å². The van der Waals surface area contributed by atoms with Crippen molar-refractivity contribution < 1.29 is 34.2 Å². The van der Waals surface area contributed by atoms with E-state index in [1.807, 2.05) is 0 Å². The van der Waals surface area contributed by atoms with E-state index in [0.29, 0.717) is 31.5 Å². The maximum absolute atomic E-state index is 13.1. The average molecular weight is 526 g/mol. The minimum atomic E-state index is -1.28. The molecule has 0 fully saturated rings. The molecule has 208 valence electrons. The highest BCUT2D eigenvalue weighted by atomic mass is 16.4. The van der Waals surface area contributed by atoms with Gasteiger partial charge in [-0.1, -0.05) is 20.3 Å². The van der Waals surface area contributed by atoms with E-state index in [1.54, 1.807) is 13.8 Å². The van der Waals surface area contributed by atoms with E-state index >= 15 is 0 Å². The Kier molecular flexibility index (Phi) is 13.9. The van der Waals surface area contributed by atoms with Gasteiger partial charge in [0.15, 0.2) is 0 Å². The molecule has 37 heavy (non-hydrogen) atoms.